The average Bonchev–Trinajstić information content (AvgIpc) is 2.92. The number of benzene rings is 1. The first-order valence-corrected chi connectivity index (χ1v) is 8.91. The molecule has 1 aliphatic rings. The number of unbranched alkanes of at least 4 members (excludes halogenated alkanes) is 9. The van der Waals surface area contributed by atoms with E-state index < -0.39 is 0 Å². The van der Waals surface area contributed by atoms with Crippen LogP contribution in [0.15, 0.2) is 30.0 Å². The van der Waals surface area contributed by atoms with E-state index >= 15 is 0 Å². The lowest BCUT2D eigenvalue weighted by Gasteiger charge is -2.03. The van der Waals surface area contributed by atoms with Gasteiger partial charge in [-0.15, -0.1) is 0 Å². The monoisotopic (exact) mass is 284 g/mol. The summed E-state index contributed by atoms with van der Waals surface area (Å²) in [5.74, 6) is 0. The fraction of sp³-hybridized carbons (Fsp3) is 0.600. The van der Waals surface area contributed by atoms with Crippen molar-refractivity contribution in [2.24, 2.45) is 0 Å². The zero-order valence-electron chi connectivity index (χ0n) is 13.6. The topological polar surface area (TPSA) is 14.1 Å². The summed E-state index contributed by atoms with van der Waals surface area (Å²) in [6.45, 7) is 2.28. The Morgan fingerprint density at radius 2 is 1.38 bits per heavy atom. The van der Waals surface area contributed by atoms with Crippen LogP contribution in [0.4, 0.5) is 5.69 Å². The second kappa shape index (κ2) is 9.65. The minimum absolute atomic E-state index is 1.14. The quantitative estimate of drug-likeness (QED) is 0.407. The van der Waals surface area contributed by atoms with Crippen molar-refractivity contribution in [2.75, 3.05) is 0 Å². The molecule has 0 N–H and O–H groups in total. The van der Waals surface area contributed by atoms with Crippen molar-refractivity contribution in [3.8, 4) is 0 Å². The maximum absolute atomic E-state index is 4.69. The molecule has 0 saturated heterocycles. The van der Waals surface area contributed by atoms with Gasteiger partial charge in [-0.2, -0.15) is 0 Å². The van der Waals surface area contributed by atoms with Crippen LogP contribution in [-0.4, -0.2) is 0 Å². The van der Waals surface area contributed by atoms with Gasteiger partial charge < -0.3 is 0 Å². The van der Waals surface area contributed by atoms with E-state index in [1.165, 1.54) is 75.5 Å². The van der Waals surface area contributed by atoms with Gasteiger partial charge in [0.05, 0.1) is 5.69 Å². The Kier molecular flexibility index (Phi) is 7.42. The maximum Gasteiger partial charge on any atom is 0.0705 e. The van der Waals surface area contributed by atoms with Gasteiger partial charge in [-0.1, -0.05) is 82.9 Å². The highest BCUT2D eigenvalue weighted by atomic mass is 14.9. The Labute approximate surface area is 130 Å². The molecule has 1 heterocycles. The van der Waals surface area contributed by atoms with Crippen LogP contribution in [0, 0.1) is 0 Å². The van der Waals surface area contributed by atoms with Crippen LogP contribution in [0.1, 0.15) is 83.1 Å². The highest BCUT2D eigenvalue weighted by Gasteiger charge is 2.11. The number of hydrogen-bond acceptors (Lipinski definition) is 0. The molecule has 1 heteroatoms. The molecule has 0 aliphatic carbocycles. The molecule has 0 unspecified atom stereocenters. The summed E-state index contributed by atoms with van der Waals surface area (Å²) >= 11 is 0. The third-order valence-electron chi connectivity index (χ3n) is 4.31. The Balaban J connectivity index is 1.45. The highest BCUT2D eigenvalue weighted by molar-refractivity contribution is 5.71. The predicted octanol–water partition coefficient (Wildman–Crippen LogP) is 6.59. The van der Waals surface area contributed by atoms with E-state index in [0.717, 1.165) is 12.1 Å². The van der Waals surface area contributed by atoms with Gasteiger partial charge in [0.1, 0.15) is 0 Å². The molecule has 0 spiro atoms. The van der Waals surface area contributed by atoms with Gasteiger partial charge in [-0.25, -0.2) is 0 Å². The van der Waals surface area contributed by atoms with Crippen molar-refractivity contribution in [1.29, 1.82) is 0 Å². The molecule has 1 aliphatic heterocycles. The van der Waals surface area contributed by atoms with Gasteiger partial charge in [-0.05, 0) is 25.0 Å². The fourth-order valence-electron chi connectivity index (χ4n) is 3.00. The van der Waals surface area contributed by atoms with Crippen molar-refractivity contribution in [3.63, 3.8) is 0 Å². The summed E-state index contributed by atoms with van der Waals surface area (Å²) in [5, 5.41) is 4.69. The van der Waals surface area contributed by atoms with E-state index in [1.54, 1.807) is 0 Å². The first kappa shape index (κ1) is 16.1. The average molecular weight is 284 g/mol. The zero-order chi connectivity index (χ0) is 14.8. The van der Waals surface area contributed by atoms with Crippen LogP contribution < -0.4 is 5.32 Å². The predicted molar refractivity (Wildman–Crippen MR) is 92.7 cm³/mol. The number of allylic oxidation sites excluding steroid dienone is 1. The lowest BCUT2D eigenvalue weighted by atomic mass is 10.1. The SMILES string of the molecule is CCCCCCCCCCCCC1=Cc2ccccc2[N]1. The summed E-state index contributed by atoms with van der Waals surface area (Å²) in [7, 11) is 0. The maximum atomic E-state index is 4.69. The third-order valence-corrected chi connectivity index (χ3v) is 4.31. The van der Waals surface area contributed by atoms with Gasteiger partial charge in [0, 0.05) is 11.3 Å². The largest absolute Gasteiger partial charge is 0.253 e. The van der Waals surface area contributed by atoms with E-state index in [1.807, 2.05) is 0 Å². The lowest BCUT2D eigenvalue weighted by Crippen LogP contribution is -1.92. The minimum Gasteiger partial charge on any atom is -0.253 e. The molecule has 0 fully saturated rings. The number of para-hydroxylation sites is 1. The van der Waals surface area contributed by atoms with Crippen molar-refractivity contribution >= 4 is 11.8 Å². The number of nitrogens with zero attached hydrogens (tertiary/aromatic N) is 1. The lowest BCUT2D eigenvalue weighted by molar-refractivity contribution is 0.555. The van der Waals surface area contributed by atoms with Gasteiger partial charge in [-0.3, -0.25) is 5.32 Å². The molecule has 2 rings (SSSR count). The molecule has 0 atom stereocenters. The fourth-order valence-corrected chi connectivity index (χ4v) is 3.00. The molecule has 1 radical (unpaired) electrons. The van der Waals surface area contributed by atoms with Gasteiger partial charge in [0.15, 0.2) is 0 Å². The van der Waals surface area contributed by atoms with Crippen molar-refractivity contribution in [1.82, 2.24) is 5.32 Å². The van der Waals surface area contributed by atoms with E-state index in [0.29, 0.717) is 0 Å². The molecule has 1 aromatic carbocycles. The number of fused-ring (bicyclic) bond motifs is 1. The molecular formula is C20H30N. The zero-order valence-corrected chi connectivity index (χ0v) is 13.6. The van der Waals surface area contributed by atoms with Crippen LogP contribution in [0.5, 0.6) is 0 Å². The molecule has 0 amide bonds. The summed E-state index contributed by atoms with van der Waals surface area (Å²) in [6, 6.07) is 8.43. The smallest absolute Gasteiger partial charge is 0.0705 e. The molecule has 21 heavy (non-hydrogen) atoms. The Morgan fingerprint density at radius 3 is 2.05 bits per heavy atom. The Hall–Kier alpha value is -1.24. The Bertz CT molecular complexity index is 433. The van der Waals surface area contributed by atoms with Gasteiger partial charge in [0.25, 0.3) is 0 Å². The molecule has 0 saturated carbocycles. The van der Waals surface area contributed by atoms with E-state index in [2.05, 4.69) is 42.6 Å². The summed E-state index contributed by atoms with van der Waals surface area (Å²) in [6.07, 6.45) is 17.4. The summed E-state index contributed by atoms with van der Waals surface area (Å²) < 4.78 is 0. The van der Waals surface area contributed by atoms with Crippen LogP contribution in [0.3, 0.4) is 0 Å². The molecule has 1 aromatic rings. The van der Waals surface area contributed by atoms with E-state index in [4.69, 9.17) is 0 Å². The van der Waals surface area contributed by atoms with Gasteiger partial charge >= 0.3 is 0 Å². The molecular weight excluding hydrogens is 254 g/mol. The van der Waals surface area contributed by atoms with Crippen molar-refractivity contribution < 1.29 is 0 Å². The van der Waals surface area contributed by atoms with E-state index in [9.17, 15) is 0 Å². The standard InChI is InChI=1S/C20H30N/c1-2-3-4-5-6-7-8-9-10-11-15-19-17-18-14-12-13-16-20(18)21-19/h12-14,16-17H,2-11,15H2,1H3. The normalized spacial score (nSPS) is 12.9. The number of rotatable bonds is 11. The van der Waals surface area contributed by atoms with Crippen LogP contribution in [0.2, 0.25) is 0 Å². The molecule has 0 aromatic heterocycles. The molecule has 0 bridgehead atoms. The summed E-state index contributed by atoms with van der Waals surface area (Å²) in [5.41, 5.74) is 3.72. The van der Waals surface area contributed by atoms with Crippen molar-refractivity contribution in [2.45, 2.75) is 77.6 Å². The summed E-state index contributed by atoms with van der Waals surface area (Å²) in [4.78, 5) is 0. The minimum atomic E-state index is 1.14. The second-order valence-electron chi connectivity index (χ2n) is 6.24. The highest BCUT2D eigenvalue weighted by Crippen LogP contribution is 2.29. The van der Waals surface area contributed by atoms with Crippen LogP contribution in [-0.2, 0) is 0 Å². The number of hydrogen-bond donors (Lipinski definition) is 0. The first-order chi connectivity index (χ1) is 10.4. The Morgan fingerprint density at radius 1 is 0.762 bits per heavy atom. The molecule has 115 valence electrons. The van der Waals surface area contributed by atoms with Gasteiger partial charge in [0.2, 0.25) is 0 Å². The second-order valence-corrected chi connectivity index (χ2v) is 6.24. The van der Waals surface area contributed by atoms with Crippen molar-refractivity contribution in [3.05, 3.63) is 35.5 Å². The van der Waals surface area contributed by atoms with E-state index in [-0.39, 0.29) is 0 Å². The molecule has 1 nitrogen and oxygen atoms in total. The third kappa shape index (κ3) is 5.95. The van der Waals surface area contributed by atoms with Crippen LogP contribution in [0.25, 0.3) is 6.08 Å². The van der Waals surface area contributed by atoms with Crippen LogP contribution >= 0.6 is 0 Å². The first-order valence-electron chi connectivity index (χ1n) is 8.91.